The molecule has 5 unspecified atom stereocenters. The van der Waals surface area contributed by atoms with Gasteiger partial charge in [-0.2, -0.15) is 5.26 Å². The van der Waals surface area contributed by atoms with Gasteiger partial charge >= 0.3 is 0 Å². The van der Waals surface area contributed by atoms with E-state index in [9.17, 15) is 0 Å². The van der Waals surface area contributed by atoms with Gasteiger partial charge in [0, 0.05) is 12.1 Å². The highest BCUT2D eigenvalue weighted by Gasteiger charge is 2.64. The number of nitriles is 1. The van der Waals surface area contributed by atoms with Gasteiger partial charge in [0.25, 0.3) is 0 Å². The Bertz CT molecular complexity index is 265. The van der Waals surface area contributed by atoms with E-state index >= 15 is 0 Å². The van der Waals surface area contributed by atoms with E-state index in [4.69, 9.17) is 5.26 Å². The maximum Gasteiger partial charge on any atom is 0.0638 e. The van der Waals surface area contributed by atoms with E-state index < -0.39 is 0 Å². The molecule has 2 heteroatoms. The molecule has 14 heavy (non-hydrogen) atoms. The third-order valence-electron chi connectivity index (χ3n) is 4.61. The predicted octanol–water partition coefficient (Wildman–Crippen LogP) is 1.92. The van der Waals surface area contributed by atoms with Crippen LogP contribution in [0, 0.1) is 35.0 Å². The molecule has 5 atom stereocenters. The van der Waals surface area contributed by atoms with Crippen molar-refractivity contribution >= 4 is 0 Å². The number of rotatable bonds is 3. The topological polar surface area (TPSA) is 35.8 Å². The molecule has 0 aromatic carbocycles. The molecule has 1 N–H and O–H groups in total. The average molecular weight is 190 g/mol. The molecule has 3 fully saturated rings. The first-order valence-corrected chi connectivity index (χ1v) is 5.94. The van der Waals surface area contributed by atoms with Crippen molar-refractivity contribution < 1.29 is 0 Å². The predicted molar refractivity (Wildman–Crippen MR) is 54.4 cm³/mol. The van der Waals surface area contributed by atoms with Gasteiger partial charge in [-0.25, -0.2) is 0 Å². The number of fused-ring (bicyclic) bond motifs is 5. The second-order valence-electron chi connectivity index (χ2n) is 5.44. The van der Waals surface area contributed by atoms with E-state index in [0.717, 1.165) is 29.7 Å². The summed E-state index contributed by atoms with van der Waals surface area (Å²) in [5.41, 5.74) is 0. The lowest BCUT2D eigenvalue weighted by Gasteiger charge is -2.14. The molecule has 2 bridgehead atoms. The number of hydrogen-bond donors (Lipinski definition) is 1. The average Bonchev–Trinajstić information content (AvgIpc) is 2.60. The summed E-state index contributed by atoms with van der Waals surface area (Å²) in [6, 6.07) is 3.42. The molecule has 3 aliphatic carbocycles. The van der Waals surface area contributed by atoms with Crippen LogP contribution in [0.3, 0.4) is 0 Å². The number of nitrogens with zero attached hydrogens (tertiary/aromatic N) is 1. The first-order chi connectivity index (χ1) is 6.81. The summed E-state index contributed by atoms with van der Waals surface area (Å²) in [6.07, 6.45) is 5.14. The SMILES string of the molecule is CC(CC#N)NC1C2C3CCC(C3)C12. The number of nitrogens with one attached hydrogen (secondary N) is 1. The highest BCUT2D eigenvalue weighted by molar-refractivity contribution is 5.17. The van der Waals surface area contributed by atoms with Crippen LogP contribution in [0.5, 0.6) is 0 Å². The first-order valence-electron chi connectivity index (χ1n) is 5.94. The fourth-order valence-corrected chi connectivity index (χ4v) is 4.07. The van der Waals surface area contributed by atoms with E-state index in [-0.39, 0.29) is 0 Å². The van der Waals surface area contributed by atoms with Gasteiger partial charge < -0.3 is 5.32 Å². The molecule has 0 aliphatic heterocycles. The van der Waals surface area contributed by atoms with Crippen LogP contribution in [0.25, 0.3) is 0 Å². The molecule has 0 amide bonds. The molecule has 3 saturated carbocycles. The Morgan fingerprint density at radius 3 is 2.57 bits per heavy atom. The van der Waals surface area contributed by atoms with Crippen LogP contribution in [0.4, 0.5) is 0 Å². The van der Waals surface area contributed by atoms with Crippen LogP contribution in [0.1, 0.15) is 32.6 Å². The number of hydrogen-bond acceptors (Lipinski definition) is 2. The molecular formula is C12H18N2. The van der Waals surface area contributed by atoms with Gasteiger partial charge in [-0.3, -0.25) is 0 Å². The lowest BCUT2D eigenvalue weighted by atomic mass is 10.0. The van der Waals surface area contributed by atoms with Crippen LogP contribution in [0.2, 0.25) is 0 Å². The maximum atomic E-state index is 8.60. The summed E-state index contributed by atoms with van der Waals surface area (Å²) in [6.45, 7) is 2.14. The third kappa shape index (κ3) is 1.12. The summed E-state index contributed by atoms with van der Waals surface area (Å²) in [4.78, 5) is 0. The van der Waals surface area contributed by atoms with Crippen molar-refractivity contribution in [3.63, 3.8) is 0 Å². The van der Waals surface area contributed by atoms with E-state index in [1.807, 2.05) is 0 Å². The fraction of sp³-hybridized carbons (Fsp3) is 0.917. The Labute approximate surface area is 85.7 Å². The van der Waals surface area contributed by atoms with E-state index in [0.29, 0.717) is 12.5 Å². The lowest BCUT2D eigenvalue weighted by Crippen LogP contribution is -2.31. The zero-order chi connectivity index (χ0) is 9.71. The van der Waals surface area contributed by atoms with Crippen LogP contribution in [-0.2, 0) is 0 Å². The molecular weight excluding hydrogens is 172 g/mol. The molecule has 76 valence electrons. The minimum atomic E-state index is 0.398. The van der Waals surface area contributed by atoms with Crippen LogP contribution in [0.15, 0.2) is 0 Å². The smallest absolute Gasteiger partial charge is 0.0638 e. The zero-order valence-electron chi connectivity index (χ0n) is 8.74. The van der Waals surface area contributed by atoms with Gasteiger partial charge in [-0.05, 0) is 49.9 Å². The van der Waals surface area contributed by atoms with Gasteiger partial charge in [-0.15, -0.1) is 0 Å². The molecule has 3 rings (SSSR count). The molecule has 0 heterocycles. The molecule has 0 spiro atoms. The third-order valence-corrected chi connectivity index (χ3v) is 4.61. The van der Waals surface area contributed by atoms with Crippen molar-refractivity contribution in [2.45, 2.75) is 44.7 Å². The Morgan fingerprint density at radius 2 is 2.00 bits per heavy atom. The van der Waals surface area contributed by atoms with Crippen molar-refractivity contribution in [1.29, 1.82) is 5.26 Å². The minimum absolute atomic E-state index is 0.398. The Kier molecular flexibility index (Phi) is 1.85. The molecule has 0 aromatic rings. The van der Waals surface area contributed by atoms with Crippen molar-refractivity contribution in [1.82, 2.24) is 5.32 Å². The highest BCUT2D eigenvalue weighted by atomic mass is 15.0. The summed E-state index contributed by atoms with van der Waals surface area (Å²) in [5.74, 6) is 4.07. The molecule has 0 radical (unpaired) electrons. The van der Waals surface area contributed by atoms with Crippen LogP contribution < -0.4 is 5.32 Å². The molecule has 0 saturated heterocycles. The quantitative estimate of drug-likeness (QED) is 0.738. The fourth-order valence-electron chi connectivity index (χ4n) is 4.07. The lowest BCUT2D eigenvalue weighted by molar-refractivity contribution is 0.430. The van der Waals surface area contributed by atoms with Crippen molar-refractivity contribution in [2.75, 3.05) is 0 Å². The Hall–Kier alpha value is -0.550. The van der Waals surface area contributed by atoms with E-state index in [1.165, 1.54) is 19.3 Å². The van der Waals surface area contributed by atoms with E-state index in [1.54, 1.807) is 0 Å². The van der Waals surface area contributed by atoms with Gasteiger partial charge in [0.1, 0.15) is 0 Å². The van der Waals surface area contributed by atoms with E-state index in [2.05, 4.69) is 18.3 Å². The molecule has 3 aliphatic rings. The summed E-state index contributed by atoms with van der Waals surface area (Å²) in [7, 11) is 0. The van der Waals surface area contributed by atoms with Crippen LogP contribution >= 0.6 is 0 Å². The zero-order valence-corrected chi connectivity index (χ0v) is 8.74. The Morgan fingerprint density at radius 1 is 1.36 bits per heavy atom. The summed E-state index contributed by atoms with van der Waals surface area (Å²) >= 11 is 0. The summed E-state index contributed by atoms with van der Waals surface area (Å²) < 4.78 is 0. The largest absolute Gasteiger partial charge is 0.310 e. The van der Waals surface area contributed by atoms with Crippen molar-refractivity contribution in [2.24, 2.45) is 23.7 Å². The summed E-state index contributed by atoms with van der Waals surface area (Å²) in [5, 5.41) is 12.2. The molecule has 0 aromatic heterocycles. The maximum absolute atomic E-state index is 8.60. The molecule has 2 nitrogen and oxygen atoms in total. The van der Waals surface area contributed by atoms with Gasteiger partial charge in [0.05, 0.1) is 12.5 Å². The monoisotopic (exact) mass is 190 g/mol. The van der Waals surface area contributed by atoms with Crippen molar-refractivity contribution in [3.8, 4) is 6.07 Å². The van der Waals surface area contributed by atoms with Crippen LogP contribution in [-0.4, -0.2) is 12.1 Å². The normalized spacial score (nSPS) is 49.9. The highest BCUT2D eigenvalue weighted by Crippen LogP contribution is 2.65. The minimum Gasteiger partial charge on any atom is -0.310 e. The Balaban J connectivity index is 1.57. The second-order valence-corrected chi connectivity index (χ2v) is 5.44. The van der Waals surface area contributed by atoms with Gasteiger partial charge in [0.15, 0.2) is 0 Å². The first kappa shape index (κ1) is 8.73. The second kappa shape index (κ2) is 2.97. The van der Waals surface area contributed by atoms with Crippen molar-refractivity contribution in [3.05, 3.63) is 0 Å². The standard InChI is InChI=1S/C12H18N2/c1-7(4-5-13)14-12-10-8-2-3-9(6-8)11(10)12/h7-12,14H,2-4,6H2,1H3. The van der Waals surface area contributed by atoms with Gasteiger partial charge in [0.2, 0.25) is 0 Å². The van der Waals surface area contributed by atoms with Gasteiger partial charge in [-0.1, -0.05) is 0 Å².